The molecule has 0 saturated heterocycles. The number of rotatable bonds is 4. The summed E-state index contributed by atoms with van der Waals surface area (Å²) >= 11 is 0. The largest absolute Gasteiger partial charge is 0.269 e. The summed E-state index contributed by atoms with van der Waals surface area (Å²) in [5.41, 5.74) is 2.11. The maximum absolute atomic E-state index is 11.9. The van der Waals surface area contributed by atoms with Gasteiger partial charge in [0.2, 0.25) is 0 Å². The second-order valence-corrected chi connectivity index (χ2v) is 9.27. The zero-order valence-corrected chi connectivity index (χ0v) is 15.8. The van der Waals surface area contributed by atoms with Gasteiger partial charge in [-0.3, -0.25) is 14.5 Å². The van der Waals surface area contributed by atoms with Crippen LogP contribution in [-0.2, 0) is 25.6 Å². The smallest absolute Gasteiger partial charge is 0.258 e. The van der Waals surface area contributed by atoms with Crippen LogP contribution in [0.5, 0.6) is 0 Å². The lowest BCUT2D eigenvalue weighted by Gasteiger charge is -2.05. The Balaban J connectivity index is 1.72. The van der Waals surface area contributed by atoms with Crippen molar-refractivity contribution in [3.05, 3.63) is 48.8 Å². The lowest BCUT2D eigenvalue weighted by atomic mass is 10.1. The van der Waals surface area contributed by atoms with Crippen LogP contribution in [0.4, 0.5) is 0 Å². The van der Waals surface area contributed by atoms with Gasteiger partial charge in [0.1, 0.15) is 0 Å². The van der Waals surface area contributed by atoms with Crippen LogP contribution in [0.1, 0.15) is 6.92 Å². The summed E-state index contributed by atoms with van der Waals surface area (Å²) in [5.74, 6) is -0.400. The van der Waals surface area contributed by atoms with Gasteiger partial charge in [-0.05, 0) is 24.3 Å². The van der Waals surface area contributed by atoms with E-state index in [-0.39, 0.29) is 15.7 Å². The van der Waals surface area contributed by atoms with Crippen LogP contribution in [0.2, 0.25) is 0 Å². The van der Waals surface area contributed by atoms with E-state index in [0.29, 0.717) is 11.2 Å². The minimum absolute atomic E-state index is 0.0216. The van der Waals surface area contributed by atoms with Crippen molar-refractivity contribution in [1.29, 1.82) is 0 Å². The third-order valence-electron chi connectivity index (χ3n) is 4.19. The van der Waals surface area contributed by atoms with Crippen LogP contribution in [0, 0.1) is 0 Å². The number of carbonyl (C=O) groups is 1. The van der Waals surface area contributed by atoms with E-state index < -0.39 is 26.7 Å². The molecule has 0 saturated carbocycles. The summed E-state index contributed by atoms with van der Waals surface area (Å²) in [5, 5.41) is 5.27. The highest BCUT2D eigenvalue weighted by Gasteiger charge is 2.23. The highest BCUT2D eigenvalue weighted by molar-refractivity contribution is 7.93. The topological polar surface area (TPSA) is 111 Å². The monoisotopic (exact) mass is 402 g/mol. The highest BCUT2D eigenvalue weighted by atomic mass is 32.2. The Kier molecular flexibility index (Phi) is 4.16. The van der Waals surface area contributed by atoms with Gasteiger partial charge in [0, 0.05) is 23.2 Å². The summed E-state index contributed by atoms with van der Waals surface area (Å²) in [6, 6.07) is 8.65. The van der Waals surface area contributed by atoms with E-state index in [4.69, 9.17) is 0 Å². The lowest BCUT2D eigenvalue weighted by Crippen LogP contribution is -2.17. The van der Waals surface area contributed by atoms with E-state index in [1.165, 1.54) is 17.0 Å². The predicted octanol–water partition coefficient (Wildman–Crippen LogP) is 1.48. The number of carbonyl (C=O) groups excluding carboxylic acids is 1. The molecule has 8 nitrogen and oxygen atoms in total. The lowest BCUT2D eigenvalue weighted by molar-refractivity contribution is -0.114. The quantitative estimate of drug-likeness (QED) is 0.708. The number of benzene rings is 1. The molecule has 0 bridgehead atoms. The Morgan fingerprint density at radius 2 is 2.00 bits per heavy atom. The van der Waals surface area contributed by atoms with Crippen LogP contribution < -0.4 is 4.72 Å². The molecule has 1 amide bonds. The summed E-state index contributed by atoms with van der Waals surface area (Å²) in [4.78, 5) is 15.8. The van der Waals surface area contributed by atoms with Crippen LogP contribution in [0.25, 0.3) is 27.2 Å². The average molecular weight is 402 g/mol. The van der Waals surface area contributed by atoms with Crippen molar-refractivity contribution in [2.75, 3.05) is 5.75 Å². The van der Waals surface area contributed by atoms with Crippen LogP contribution in [-0.4, -0.2) is 39.1 Å². The number of hydrogen-bond acceptors (Lipinski definition) is 6. The van der Waals surface area contributed by atoms with Crippen molar-refractivity contribution in [3.63, 3.8) is 0 Å². The number of fused-ring (bicyclic) bond motifs is 1. The van der Waals surface area contributed by atoms with E-state index in [1.54, 1.807) is 31.3 Å². The van der Waals surface area contributed by atoms with E-state index in [9.17, 15) is 17.4 Å². The van der Waals surface area contributed by atoms with Crippen LogP contribution in [0.15, 0.2) is 53.7 Å². The Morgan fingerprint density at radius 3 is 2.63 bits per heavy atom. The molecule has 1 N–H and O–H groups in total. The molecule has 0 fully saturated rings. The molecule has 2 aromatic heterocycles. The summed E-state index contributed by atoms with van der Waals surface area (Å²) in [6.07, 6.45) is 4.21. The third kappa shape index (κ3) is 3.06. The molecule has 138 valence electrons. The molecular formula is C17H14N4O4S2. The molecule has 1 atom stereocenters. The first-order valence-corrected chi connectivity index (χ1v) is 10.8. The Hall–Kier alpha value is -2.85. The van der Waals surface area contributed by atoms with Crippen molar-refractivity contribution >= 4 is 42.7 Å². The first-order chi connectivity index (χ1) is 12.9. The number of nitrogens with one attached hydrogen (secondary N) is 1. The van der Waals surface area contributed by atoms with Gasteiger partial charge < -0.3 is 0 Å². The van der Waals surface area contributed by atoms with Gasteiger partial charge in [-0.1, -0.05) is 13.0 Å². The van der Waals surface area contributed by atoms with Crippen molar-refractivity contribution in [1.82, 2.24) is 19.5 Å². The first-order valence-electron chi connectivity index (χ1n) is 8.00. The fourth-order valence-electron chi connectivity index (χ4n) is 2.75. The summed E-state index contributed by atoms with van der Waals surface area (Å²) < 4.78 is 39.5. The van der Waals surface area contributed by atoms with Crippen molar-refractivity contribution in [3.8, 4) is 11.3 Å². The highest BCUT2D eigenvalue weighted by Crippen LogP contribution is 2.26. The molecular weight excluding hydrogens is 388 g/mol. The average Bonchev–Trinajstić information content (AvgIpc) is 3.23. The zero-order chi connectivity index (χ0) is 19.2. The van der Waals surface area contributed by atoms with E-state index >= 15 is 0 Å². The molecule has 27 heavy (non-hydrogen) atoms. The van der Waals surface area contributed by atoms with Crippen molar-refractivity contribution in [2.45, 2.75) is 11.8 Å². The SMILES string of the molecule is CCS(=O)(=O)c1ccc(-c2ccc3c(cnn3C3=CC(=O)NS3=O)c2)nc1. The molecule has 3 heterocycles. The van der Waals surface area contributed by atoms with Gasteiger partial charge >= 0.3 is 0 Å². The Labute approximate surface area is 157 Å². The standard InChI is InChI=1S/C17H14N4O4S2/c1-2-27(24,25)13-4-5-14(18-10-13)11-3-6-15-12(7-11)9-19-21(15)17-8-16(22)20-26(17)23/h3-10H,2H2,1H3,(H,20,22). The molecule has 0 radical (unpaired) electrons. The minimum atomic E-state index is -3.29. The summed E-state index contributed by atoms with van der Waals surface area (Å²) in [6.45, 7) is 1.59. The molecule has 1 aliphatic rings. The molecule has 0 spiro atoms. The van der Waals surface area contributed by atoms with Gasteiger partial charge in [-0.25, -0.2) is 17.3 Å². The molecule has 1 aliphatic heterocycles. The van der Waals surface area contributed by atoms with Crippen LogP contribution in [0.3, 0.4) is 0 Å². The Bertz CT molecular complexity index is 1230. The maximum atomic E-state index is 11.9. The van der Waals surface area contributed by atoms with Crippen molar-refractivity contribution < 1.29 is 17.4 Å². The molecule has 1 aromatic carbocycles. The number of hydrogen-bond donors (Lipinski definition) is 1. The van der Waals surface area contributed by atoms with Gasteiger partial charge in [-0.2, -0.15) is 5.10 Å². The van der Waals surface area contributed by atoms with E-state index in [2.05, 4.69) is 14.8 Å². The second-order valence-electron chi connectivity index (χ2n) is 5.83. The maximum Gasteiger partial charge on any atom is 0.258 e. The molecule has 4 rings (SSSR count). The number of amides is 1. The second kappa shape index (κ2) is 6.39. The molecule has 3 aromatic rings. The zero-order valence-electron chi connectivity index (χ0n) is 14.1. The first kappa shape index (κ1) is 17.6. The number of pyridine rings is 1. The number of nitrogens with zero attached hydrogens (tertiary/aromatic N) is 3. The third-order valence-corrected chi connectivity index (χ3v) is 6.96. The van der Waals surface area contributed by atoms with Gasteiger partial charge in [0.05, 0.1) is 28.1 Å². The molecule has 1 unspecified atom stereocenters. The molecule has 10 heteroatoms. The van der Waals surface area contributed by atoms with Gasteiger partial charge in [0.15, 0.2) is 25.9 Å². The van der Waals surface area contributed by atoms with Crippen LogP contribution >= 0.6 is 0 Å². The number of aromatic nitrogens is 3. The predicted molar refractivity (Wildman–Crippen MR) is 101 cm³/mol. The fraction of sp³-hybridized carbons (Fsp3) is 0.118. The van der Waals surface area contributed by atoms with Gasteiger partial charge in [-0.15, -0.1) is 0 Å². The normalized spacial score (nSPS) is 17.1. The van der Waals surface area contributed by atoms with Gasteiger partial charge in [0.25, 0.3) is 5.91 Å². The minimum Gasteiger partial charge on any atom is -0.269 e. The number of sulfone groups is 1. The summed E-state index contributed by atoms with van der Waals surface area (Å²) in [7, 11) is -4.93. The van der Waals surface area contributed by atoms with E-state index in [1.807, 2.05) is 12.1 Å². The fourth-order valence-corrected chi connectivity index (χ4v) is 4.43. The Morgan fingerprint density at radius 1 is 1.19 bits per heavy atom. The van der Waals surface area contributed by atoms with Crippen molar-refractivity contribution in [2.24, 2.45) is 0 Å². The molecule has 0 aliphatic carbocycles. The van der Waals surface area contributed by atoms with E-state index in [0.717, 1.165) is 10.9 Å².